The first-order chi connectivity index (χ1) is 17.9. The highest BCUT2D eigenvalue weighted by Crippen LogP contribution is 2.33. The number of fused-ring (bicyclic) bond motifs is 1. The van der Waals surface area contributed by atoms with Gasteiger partial charge in [0.05, 0.1) is 23.8 Å². The third kappa shape index (κ3) is 4.99. The van der Waals surface area contributed by atoms with Gasteiger partial charge in [0.2, 0.25) is 5.91 Å². The summed E-state index contributed by atoms with van der Waals surface area (Å²) in [6, 6.07) is 14.8. The smallest absolute Gasteiger partial charge is 0.255 e. The first kappa shape index (κ1) is 24.0. The summed E-state index contributed by atoms with van der Waals surface area (Å²) in [4.78, 5) is 33.1. The van der Waals surface area contributed by atoms with E-state index in [1.165, 1.54) is 14.0 Å². The van der Waals surface area contributed by atoms with Gasteiger partial charge in [-0.05, 0) is 24.1 Å². The Kier molecular flexibility index (Phi) is 6.55. The molecule has 0 saturated carbocycles. The van der Waals surface area contributed by atoms with Crippen molar-refractivity contribution in [2.24, 2.45) is 0 Å². The molecule has 2 heterocycles. The number of hydrogen-bond acceptors (Lipinski definition) is 7. The molecule has 5 N–H and O–H groups in total. The van der Waals surface area contributed by atoms with Crippen molar-refractivity contribution in [3.05, 3.63) is 77.6 Å². The van der Waals surface area contributed by atoms with Crippen LogP contribution in [-0.4, -0.2) is 45.1 Å². The van der Waals surface area contributed by atoms with Crippen molar-refractivity contribution in [3.8, 4) is 17.0 Å². The van der Waals surface area contributed by atoms with Crippen LogP contribution in [0.1, 0.15) is 41.0 Å². The van der Waals surface area contributed by atoms with E-state index in [2.05, 4.69) is 30.8 Å². The number of ether oxygens (including phenoxy) is 1. The number of nitrogens with zero attached hydrogens (tertiary/aromatic N) is 3. The molecule has 0 bridgehead atoms. The summed E-state index contributed by atoms with van der Waals surface area (Å²) in [5, 5.41) is 13.9. The lowest BCUT2D eigenvalue weighted by Gasteiger charge is -2.12. The minimum Gasteiger partial charge on any atom is -0.496 e. The summed E-state index contributed by atoms with van der Waals surface area (Å²) >= 11 is 0. The normalized spacial score (nSPS) is 16.6. The van der Waals surface area contributed by atoms with E-state index in [0.717, 1.165) is 16.8 Å². The summed E-state index contributed by atoms with van der Waals surface area (Å²) < 4.78 is 5.27. The molecule has 188 valence electrons. The van der Waals surface area contributed by atoms with Crippen LogP contribution in [0.2, 0.25) is 0 Å². The highest BCUT2D eigenvalue weighted by molar-refractivity contribution is 5.98. The van der Waals surface area contributed by atoms with E-state index in [4.69, 9.17) is 10.5 Å². The largest absolute Gasteiger partial charge is 0.496 e. The SMILES string of the molecule is COc1ccccc1C(=O)NCc1ccc(-c2[nH]nc3nc([C@H]4C=C[C@H](NC(C)=O)C4)nc(N)c23)cc1. The van der Waals surface area contributed by atoms with Crippen LogP contribution in [0.25, 0.3) is 22.3 Å². The van der Waals surface area contributed by atoms with Crippen LogP contribution in [0.5, 0.6) is 5.75 Å². The second kappa shape index (κ2) is 10.1. The Balaban J connectivity index is 1.30. The van der Waals surface area contributed by atoms with E-state index < -0.39 is 0 Å². The standard InChI is InChI=1S/C27H27N7O3/c1-15(35)30-19-12-11-18(13-19)25-31-24(28)22-23(33-34-26(22)32-25)17-9-7-16(8-10-17)14-29-27(36)20-5-3-4-6-21(20)37-2/h3-12,18-19H,13-14H2,1-2H3,(H,29,36)(H,30,35)(H3,28,31,32,33,34)/t18-,19-/m0/s1. The summed E-state index contributed by atoms with van der Waals surface area (Å²) in [7, 11) is 1.54. The second-order valence-electron chi connectivity index (χ2n) is 8.88. The first-order valence-corrected chi connectivity index (χ1v) is 11.9. The molecule has 0 radical (unpaired) electrons. The number of para-hydroxylation sites is 1. The Bertz CT molecular complexity index is 1490. The number of nitrogens with one attached hydrogen (secondary N) is 3. The molecule has 2 amide bonds. The molecule has 2 atom stereocenters. The van der Waals surface area contributed by atoms with E-state index in [9.17, 15) is 9.59 Å². The van der Waals surface area contributed by atoms with Gasteiger partial charge in [-0.25, -0.2) is 9.97 Å². The summed E-state index contributed by atoms with van der Waals surface area (Å²) in [5.41, 5.74) is 9.85. The van der Waals surface area contributed by atoms with Crippen LogP contribution in [0, 0.1) is 0 Å². The van der Waals surface area contributed by atoms with Gasteiger partial charge >= 0.3 is 0 Å². The molecule has 1 aliphatic carbocycles. The number of carbonyl (C=O) groups excluding carboxylic acids is 2. The predicted octanol–water partition coefficient (Wildman–Crippen LogP) is 3.09. The van der Waals surface area contributed by atoms with E-state index >= 15 is 0 Å². The first-order valence-electron chi connectivity index (χ1n) is 11.9. The Hall–Kier alpha value is -4.73. The predicted molar refractivity (Wildman–Crippen MR) is 140 cm³/mol. The van der Waals surface area contributed by atoms with Crippen molar-refractivity contribution in [2.75, 3.05) is 12.8 Å². The number of nitrogen functional groups attached to an aromatic ring is 1. The zero-order valence-corrected chi connectivity index (χ0v) is 20.5. The maximum atomic E-state index is 12.6. The number of hydrogen-bond donors (Lipinski definition) is 4. The van der Waals surface area contributed by atoms with E-state index in [1.54, 1.807) is 18.2 Å². The Morgan fingerprint density at radius 1 is 1.11 bits per heavy atom. The van der Waals surface area contributed by atoms with Crippen LogP contribution in [0.15, 0.2) is 60.7 Å². The van der Waals surface area contributed by atoms with E-state index in [-0.39, 0.29) is 23.8 Å². The van der Waals surface area contributed by atoms with Gasteiger partial charge in [-0.1, -0.05) is 48.6 Å². The fraction of sp³-hybridized carbons (Fsp3) is 0.222. The van der Waals surface area contributed by atoms with Crippen molar-refractivity contribution >= 4 is 28.7 Å². The summed E-state index contributed by atoms with van der Waals surface area (Å²) in [6.45, 7) is 1.86. The minimum absolute atomic E-state index is 0.0456. The average molecular weight is 498 g/mol. The summed E-state index contributed by atoms with van der Waals surface area (Å²) in [5.74, 6) is 1.12. The molecular formula is C27H27N7O3. The molecule has 0 saturated heterocycles. The molecule has 4 aromatic rings. The number of anilines is 1. The number of nitrogens with two attached hydrogens (primary N) is 1. The molecule has 2 aromatic carbocycles. The number of H-pyrrole nitrogens is 1. The Morgan fingerprint density at radius 3 is 2.65 bits per heavy atom. The molecule has 10 nitrogen and oxygen atoms in total. The van der Waals surface area contributed by atoms with Gasteiger partial charge in [0, 0.05) is 31.0 Å². The van der Waals surface area contributed by atoms with Gasteiger partial charge < -0.3 is 21.1 Å². The number of benzene rings is 2. The fourth-order valence-corrected chi connectivity index (χ4v) is 4.50. The van der Waals surface area contributed by atoms with Gasteiger partial charge in [-0.2, -0.15) is 5.10 Å². The Morgan fingerprint density at radius 2 is 1.89 bits per heavy atom. The average Bonchev–Trinajstić information content (AvgIpc) is 3.55. The van der Waals surface area contributed by atoms with Crippen molar-refractivity contribution in [1.29, 1.82) is 0 Å². The zero-order chi connectivity index (χ0) is 25.9. The second-order valence-corrected chi connectivity index (χ2v) is 8.88. The molecule has 0 unspecified atom stereocenters. The van der Waals surface area contributed by atoms with Gasteiger partial charge in [-0.3, -0.25) is 14.7 Å². The number of allylic oxidation sites excluding steroid dienone is 1. The highest BCUT2D eigenvalue weighted by Gasteiger charge is 2.25. The molecule has 37 heavy (non-hydrogen) atoms. The molecule has 1 aliphatic rings. The molecule has 0 fully saturated rings. The van der Waals surface area contributed by atoms with Gasteiger partial charge in [0.1, 0.15) is 17.4 Å². The lowest BCUT2D eigenvalue weighted by molar-refractivity contribution is -0.119. The lowest BCUT2D eigenvalue weighted by Crippen LogP contribution is -2.30. The van der Waals surface area contributed by atoms with Crippen LogP contribution in [0.4, 0.5) is 5.82 Å². The molecule has 0 spiro atoms. The number of aromatic amines is 1. The number of aromatic nitrogens is 4. The van der Waals surface area contributed by atoms with Crippen molar-refractivity contribution in [3.63, 3.8) is 0 Å². The third-order valence-electron chi connectivity index (χ3n) is 6.31. The maximum absolute atomic E-state index is 12.6. The van der Waals surface area contributed by atoms with Crippen LogP contribution < -0.4 is 21.1 Å². The van der Waals surface area contributed by atoms with Gasteiger partial charge in [0.15, 0.2) is 5.65 Å². The molecular weight excluding hydrogens is 470 g/mol. The number of carbonyl (C=O) groups is 2. The molecule has 0 aliphatic heterocycles. The molecule has 10 heteroatoms. The summed E-state index contributed by atoms with van der Waals surface area (Å²) in [6.07, 6.45) is 4.61. The van der Waals surface area contributed by atoms with Crippen LogP contribution in [0.3, 0.4) is 0 Å². The van der Waals surface area contributed by atoms with Gasteiger partial charge in [0.25, 0.3) is 5.91 Å². The van der Waals surface area contributed by atoms with Crippen molar-refractivity contribution in [1.82, 2.24) is 30.8 Å². The third-order valence-corrected chi connectivity index (χ3v) is 6.31. The van der Waals surface area contributed by atoms with E-state index in [0.29, 0.717) is 47.0 Å². The van der Waals surface area contributed by atoms with Crippen molar-refractivity contribution in [2.45, 2.75) is 31.8 Å². The minimum atomic E-state index is -0.206. The monoisotopic (exact) mass is 497 g/mol. The molecule has 5 rings (SSSR count). The highest BCUT2D eigenvalue weighted by atomic mass is 16.5. The quantitative estimate of drug-likeness (QED) is 0.287. The topological polar surface area (TPSA) is 148 Å². The van der Waals surface area contributed by atoms with Crippen LogP contribution in [-0.2, 0) is 11.3 Å². The zero-order valence-electron chi connectivity index (χ0n) is 20.5. The van der Waals surface area contributed by atoms with Gasteiger partial charge in [-0.15, -0.1) is 0 Å². The number of amides is 2. The van der Waals surface area contributed by atoms with Crippen LogP contribution >= 0.6 is 0 Å². The maximum Gasteiger partial charge on any atom is 0.255 e. The fourth-order valence-electron chi connectivity index (χ4n) is 4.50. The van der Waals surface area contributed by atoms with E-state index in [1.807, 2.05) is 42.5 Å². The Labute approximate surface area is 213 Å². The molecule has 2 aromatic heterocycles. The number of methoxy groups -OCH3 is 1. The van der Waals surface area contributed by atoms with Crippen molar-refractivity contribution < 1.29 is 14.3 Å². The lowest BCUT2D eigenvalue weighted by atomic mass is 10.1. The number of rotatable bonds is 7.